The van der Waals surface area contributed by atoms with Crippen molar-refractivity contribution in [1.82, 2.24) is 5.32 Å². The van der Waals surface area contributed by atoms with Gasteiger partial charge in [0, 0.05) is 6.54 Å². The molecule has 1 rings (SSSR count). The molecule has 2 heteroatoms. The van der Waals surface area contributed by atoms with Gasteiger partial charge in [-0.2, -0.15) is 0 Å². The molecule has 1 aliphatic heterocycles. The molecule has 1 fully saturated rings. The summed E-state index contributed by atoms with van der Waals surface area (Å²) in [6.45, 7) is 4.06. The van der Waals surface area contributed by atoms with Crippen LogP contribution in [0.2, 0.25) is 0 Å². The van der Waals surface area contributed by atoms with E-state index in [1.54, 1.807) is 0 Å². The molecule has 2 nitrogen and oxygen atoms in total. The summed E-state index contributed by atoms with van der Waals surface area (Å²) < 4.78 is 0. The Morgan fingerprint density at radius 3 is 3.00 bits per heavy atom. The molecule has 0 amide bonds. The van der Waals surface area contributed by atoms with Gasteiger partial charge in [0.15, 0.2) is 0 Å². The summed E-state index contributed by atoms with van der Waals surface area (Å²) in [5.74, 6) is 0.561. The lowest BCUT2D eigenvalue weighted by Gasteiger charge is -2.27. The summed E-state index contributed by atoms with van der Waals surface area (Å²) in [5.41, 5.74) is 0. The van der Waals surface area contributed by atoms with E-state index in [4.69, 9.17) is 0 Å². The first-order valence-corrected chi connectivity index (χ1v) is 4.23. The fraction of sp³-hybridized carbons (Fsp3) is 1.00. The molecule has 0 aromatic heterocycles. The fourth-order valence-electron chi connectivity index (χ4n) is 1.60. The maximum absolute atomic E-state index is 9.44. The van der Waals surface area contributed by atoms with Crippen molar-refractivity contribution in [3.63, 3.8) is 0 Å². The number of hydrogen-bond donors (Lipinski definition) is 2. The molecule has 0 spiro atoms. The predicted molar refractivity (Wildman–Crippen MR) is 41.9 cm³/mol. The number of rotatable bonds is 2. The van der Waals surface area contributed by atoms with E-state index >= 15 is 0 Å². The van der Waals surface area contributed by atoms with Crippen LogP contribution >= 0.6 is 0 Å². The highest BCUT2D eigenvalue weighted by molar-refractivity contribution is 4.76. The van der Waals surface area contributed by atoms with Crippen LogP contribution in [0.5, 0.6) is 0 Å². The topological polar surface area (TPSA) is 32.3 Å². The molecule has 0 bridgehead atoms. The standard InChI is InChI=1S/C8H17NO/c1-2-3-7-4-5-9-6-8(7)10/h7-10H,2-6H2,1H3/t7-,8+/m1/s1. The second kappa shape index (κ2) is 3.94. The van der Waals surface area contributed by atoms with Gasteiger partial charge in [-0.3, -0.25) is 0 Å². The SMILES string of the molecule is CCC[C@@H]1CCNC[C@@H]1O. The van der Waals surface area contributed by atoms with E-state index in [-0.39, 0.29) is 6.10 Å². The molecular formula is C8H17NO. The van der Waals surface area contributed by atoms with Crippen molar-refractivity contribution in [2.24, 2.45) is 5.92 Å². The average molecular weight is 143 g/mol. The zero-order valence-electron chi connectivity index (χ0n) is 6.64. The van der Waals surface area contributed by atoms with Crippen LogP contribution in [0.1, 0.15) is 26.2 Å². The molecule has 0 saturated carbocycles. The maximum Gasteiger partial charge on any atom is 0.0693 e. The molecule has 1 heterocycles. The zero-order valence-corrected chi connectivity index (χ0v) is 6.64. The Labute approximate surface area is 62.6 Å². The van der Waals surface area contributed by atoms with E-state index in [2.05, 4.69) is 12.2 Å². The maximum atomic E-state index is 9.44. The minimum atomic E-state index is -0.0892. The van der Waals surface area contributed by atoms with E-state index in [9.17, 15) is 5.11 Å². The molecule has 60 valence electrons. The lowest BCUT2D eigenvalue weighted by atomic mass is 9.91. The molecule has 1 saturated heterocycles. The quantitative estimate of drug-likeness (QED) is 0.598. The third-order valence-corrected chi connectivity index (χ3v) is 2.25. The molecule has 2 atom stereocenters. The van der Waals surface area contributed by atoms with Gasteiger partial charge < -0.3 is 10.4 Å². The van der Waals surface area contributed by atoms with E-state index in [0.29, 0.717) is 5.92 Å². The first-order valence-electron chi connectivity index (χ1n) is 4.23. The molecule has 1 aliphatic rings. The Balaban J connectivity index is 2.25. The number of piperidine rings is 1. The smallest absolute Gasteiger partial charge is 0.0693 e. The Hall–Kier alpha value is -0.0800. The van der Waals surface area contributed by atoms with Crippen molar-refractivity contribution in [3.05, 3.63) is 0 Å². The Morgan fingerprint density at radius 1 is 1.60 bits per heavy atom. The number of hydrogen-bond acceptors (Lipinski definition) is 2. The summed E-state index contributed by atoms with van der Waals surface area (Å²) in [6.07, 6.45) is 3.44. The molecule has 10 heavy (non-hydrogen) atoms. The van der Waals surface area contributed by atoms with Gasteiger partial charge >= 0.3 is 0 Å². The van der Waals surface area contributed by atoms with Gasteiger partial charge in [-0.25, -0.2) is 0 Å². The van der Waals surface area contributed by atoms with E-state index in [1.165, 1.54) is 12.8 Å². The molecule has 0 unspecified atom stereocenters. The van der Waals surface area contributed by atoms with Crippen LogP contribution in [0.3, 0.4) is 0 Å². The monoisotopic (exact) mass is 143 g/mol. The Kier molecular flexibility index (Phi) is 3.16. The van der Waals surface area contributed by atoms with Crippen molar-refractivity contribution in [2.45, 2.75) is 32.3 Å². The zero-order chi connectivity index (χ0) is 7.40. The summed E-state index contributed by atoms with van der Waals surface area (Å²) in [5, 5.41) is 12.6. The van der Waals surface area contributed by atoms with Gasteiger partial charge in [-0.1, -0.05) is 13.3 Å². The summed E-state index contributed by atoms with van der Waals surface area (Å²) in [7, 11) is 0. The molecular weight excluding hydrogens is 126 g/mol. The second-order valence-corrected chi connectivity index (χ2v) is 3.11. The van der Waals surface area contributed by atoms with Crippen LogP contribution in [0.25, 0.3) is 0 Å². The normalized spacial score (nSPS) is 34.2. The van der Waals surface area contributed by atoms with Crippen LogP contribution in [-0.4, -0.2) is 24.3 Å². The average Bonchev–Trinajstić information content (AvgIpc) is 1.94. The highest BCUT2D eigenvalue weighted by Crippen LogP contribution is 2.17. The highest BCUT2D eigenvalue weighted by atomic mass is 16.3. The lowest BCUT2D eigenvalue weighted by Crippen LogP contribution is -2.40. The largest absolute Gasteiger partial charge is 0.392 e. The predicted octanol–water partition coefficient (Wildman–Crippen LogP) is 0.757. The molecule has 0 aromatic rings. The summed E-state index contributed by atoms with van der Waals surface area (Å²) in [6, 6.07) is 0. The minimum Gasteiger partial charge on any atom is -0.392 e. The third-order valence-electron chi connectivity index (χ3n) is 2.25. The first kappa shape index (κ1) is 8.02. The Bertz CT molecular complexity index is 93.3. The van der Waals surface area contributed by atoms with Crippen LogP contribution in [0, 0.1) is 5.92 Å². The molecule has 0 aliphatic carbocycles. The van der Waals surface area contributed by atoms with Crippen molar-refractivity contribution < 1.29 is 5.11 Å². The Morgan fingerprint density at radius 2 is 2.40 bits per heavy atom. The summed E-state index contributed by atoms with van der Waals surface area (Å²) >= 11 is 0. The van der Waals surface area contributed by atoms with Gasteiger partial charge in [0.05, 0.1) is 6.10 Å². The van der Waals surface area contributed by atoms with E-state index in [1.807, 2.05) is 0 Å². The summed E-state index contributed by atoms with van der Waals surface area (Å²) in [4.78, 5) is 0. The molecule has 2 N–H and O–H groups in total. The van der Waals surface area contributed by atoms with Gasteiger partial charge in [0.25, 0.3) is 0 Å². The van der Waals surface area contributed by atoms with Gasteiger partial charge in [-0.05, 0) is 25.3 Å². The van der Waals surface area contributed by atoms with Crippen LogP contribution in [0.15, 0.2) is 0 Å². The van der Waals surface area contributed by atoms with E-state index in [0.717, 1.165) is 19.5 Å². The van der Waals surface area contributed by atoms with Crippen molar-refractivity contribution in [3.8, 4) is 0 Å². The third kappa shape index (κ3) is 1.96. The van der Waals surface area contributed by atoms with Gasteiger partial charge in [0.1, 0.15) is 0 Å². The number of aliphatic hydroxyl groups excluding tert-OH is 1. The second-order valence-electron chi connectivity index (χ2n) is 3.11. The fourth-order valence-corrected chi connectivity index (χ4v) is 1.60. The number of aliphatic hydroxyl groups is 1. The van der Waals surface area contributed by atoms with Crippen LogP contribution in [0.4, 0.5) is 0 Å². The number of nitrogens with one attached hydrogen (secondary N) is 1. The van der Waals surface area contributed by atoms with E-state index < -0.39 is 0 Å². The van der Waals surface area contributed by atoms with Crippen molar-refractivity contribution >= 4 is 0 Å². The van der Waals surface area contributed by atoms with Crippen molar-refractivity contribution in [2.75, 3.05) is 13.1 Å². The lowest BCUT2D eigenvalue weighted by molar-refractivity contribution is 0.0768. The van der Waals surface area contributed by atoms with Gasteiger partial charge in [0.2, 0.25) is 0 Å². The molecule has 0 radical (unpaired) electrons. The van der Waals surface area contributed by atoms with Crippen LogP contribution in [-0.2, 0) is 0 Å². The number of β-amino-alcohol motifs (C(OH)–C–C–N with tert-alkyl or cyclic N) is 1. The first-order chi connectivity index (χ1) is 4.84. The van der Waals surface area contributed by atoms with Gasteiger partial charge in [-0.15, -0.1) is 0 Å². The highest BCUT2D eigenvalue weighted by Gasteiger charge is 2.20. The van der Waals surface area contributed by atoms with Crippen LogP contribution < -0.4 is 5.32 Å². The molecule has 0 aromatic carbocycles. The van der Waals surface area contributed by atoms with Crippen molar-refractivity contribution in [1.29, 1.82) is 0 Å². The minimum absolute atomic E-state index is 0.0892.